The van der Waals surface area contributed by atoms with Gasteiger partial charge in [-0.1, -0.05) is 6.92 Å². The van der Waals surface area contributed by atoms with E-state index >= 15 is 0 Å². The highest BCUT2D eigenvalue weighted by molar-refractivity contribution is 7.99. The molecule has 1 amide bonds. The molecule has 1 aliphatic heterocycles. The molecule has 2 N–H and O–H groups in total. The van der Waals surface area contributed by atoms with E-state index in [1.165, 1.54) is 0 Å². The molecule has 0 aromatic heterocycles. The molecular weight excluding hydrogens is 260 g/mol. The van der Waals surface area contributed by atoms with Gasteiger partial charge in [-0.05, 0) is 6.26 Å². The normalized spacial score (nSPS) is 25.2. The van der Waals surface area contributed by atoms with Gasteiger partial charge in [0.2, 0.25) is 5.91 Å². The number of rotatable bonds is 5. The summed E-state index contributed by atoms with van der Waals surface area (Å²) in [6.07, 6.45) is 2.23. The number of sulfone groups is 1. The number of amides is 1. The average molecular weight is 280 g/mol. The Morgan fingerprint density at radius 1 is 1.59 bits per heavy atom. The van der Waals surface area contributed by atoms with E-state index in [1.807, 2.05) is 13.2 Å². The van der Waals surface area contributed by atoms with Crippen LogP contribution in [-0.2, 0) is 14.6 Å². The van der Waals surface area contributed by atoms with Gasteiger partial charge in [0.25, 0.3) is 0 Å². The van der Waals surface area contributed by atoms with Crippen LogP contribution in [0.5, 0.6) is 0 Å². The van der Waals surface area contributed by atoms with E-state index < -0.39 is 9.84 Å². The largest absolute Gasteiger partial charge is 0.355 e. The summed E-state index contributed by atoms with van der Waals surface area (Å²) in [5, 5.41) is 6.25. The monoisotopic (exact) mass is 280 g/mol. The molecule has 1 aliphatic rings. The topological polar surface area (TPSA) is 75.3 Å². The summed E-state index contributed by atoms with van der Waals surface area (Å²) in [5.41, 5.74) is 0. The maximum absolute atomic E-state index is 11.6. The summed E-state index contributed by atoms with van der Waals surface area (Å²) >= 11 is 1.69. The molecule has 1 saturated heterocycles. The molecule has 17 heavy (non-hydrogen) atoms. The Morgan fingerprint density at radius 2 is 2.29 bits per heavy atom. The van der Waals surface area contributed by atoms with E-state index in [9.17, 15) is 13.2 Å². The second kappa shape index (κ2) is 6.61. The molecular formula is C10H20N2O3S2. The Kier molecular flexibility index (Phi) is 5.75. The summed E-state index contributed by atoms with van der Waals surface area (Å²) in [6.45, 7) is 3.11. The highest BCUT2D eigenvalue weighted by Crippen LogP contribution is 2.06. The lowest BCUT2D eigenvalue weighted by Gasteiger charge is -2.23. The lowest BCUT2D eigenvalue weighted by atomic mass is 10.2. The van der Waals surface area contributed by atoms with Gasteiger partial charge < -0.3 is 10.6 Å². The third kappa shape index (κ3) is 5.74. The number of hydrogen-bond donors (Lipinski definition) is 2. The zero-order valence-electron chi connectivity index (χ0n) is 10.2. The molecule has 7 heteroatoms. The lowest BCUT2D eigenvalue weighted by molar-refractivity contribution is -0.121. The van der Waals surface area contributed by atoms with Crippen molar-refractivity contribution in [2.45, 2.75) is 24.6 Å². The molecule has 0 radical (unpaired) electrons. The van der Waals surface area contributed by atoms with Gasteiger partial charge in [0.1, 0.15) is 0 Å². The van der Waals surface area contributed by atoms with Gasteiger partial charge in [-0.3, -0.25) is 4.79 Å². The van der Waals surface area contributed by atoms with Crippen molar-refractivity contribution in [3.63, 3.8) is 0 Å². The van der Waals surface area contributed by atoms with Gasteiger partial charge in [-0.15, -0.1) is 0 Å². The number of thioether (sulfide) groups is 1. The van der Waals surface area contributed by atoms with E-state index in [4.69, 9.17) is 0 Å². The zero-order chi connectivity index (χ0) is 12.9. The number of carbonyl (C=O) groups is 1. The van der Waals surface area contributed by atoms with Crippen molar-refractivity contribution in [1.82, 2.24) is 10.6 Å². The minimum atomic E-state index is -2.96. The van der Waals surface area contributed by atoms with Crippen molar-refractivity contribution in [1.29, 1.82) is 0 Å². The second-order valence-corrected chi connectivity index (χ2v) is 7.82. The van der Waals surface area contributed by atoms with Crippen LogP contribution in [0.25, 0.3) is 0 Å². The predicted octanol–water partition coefficient (Wildman–Crippen LogP) is -0.369. The van der Waals surface area contributed by atoms with E-state index in [2.05, 4.69) is 10.6 Å². The van der Waals surface area contributed by atoms with Crippen LogP contribution in [0.15, 0.2) is 0 Å². The first-order chi connectivity index (χ1) is 7.93. The summed E-state index contributed by atoms with van der Waals surface area (Å²) in [7, 11) is -2.96. The quantitative estimate of drug-likeness (QED) is 0.719. The zero-order valence-corrected chi connectivity index (χ0v) is 11.9. The third-order valence-electron chi connectivity index (χ3n) is 2.72. The van der Waals surface area contributed by atoms with Crippen molar-refractivity contribution in [2.75, 3.05) is 30.9 Å². The van der Waals surface area contributed by atoms with Gasteiger partial charge in [0.05, 0.1) is 11.5 Å². The van der Waals surface area contributed by atoms with Crippen LogP contribution in [0.1, 0.15) is 13.3 Å². The molecule has 0 aliphatic carbocycles. The van der Waals surface area contributed by atoms with Crippen molar-refractivity contribution in [2.24, 2.45) is 0 Å². The summed E-state index contributed by atoms with van der Waals surface area (Å²) in [4.78, 5) is 11.6. The molecule has 100 valence electrons. The van der Waals surface area contributed by atoms with Crippen LogP contribution < -0.4 is 10.6 Å². The molecule has 0 aromatic carbocycles. The van der Waals surface area contributed by atoms with Gasteiger partial charge >= 0.3 is 0 Å². The molecule has 0 bridgehead atoms. The number of nitrogens with one attached hydrogen (secondary N) is 2. The van der Waals surface area contributed by atoms with Crippen molar-refractivity contribution < 1.29 is 13.2 Å². The standard InChI is InChI=1S/C10H20N2O3S2/c1-8(16-2)6-12-10(13)5-9-7-17(14,15)4-3-11-9/h8-9,11H,3-7H2,1-2H3,(H,12,13). The fourth-order valence-corrected chi connectivity index (χ4v) is 3.33. The second-order valence-electron chi connectivity index (χ2n) is 4.32. The maximum Gasteiger partial charge on any atom is 0.221 e. The van der Waals surface area contributed by atoms with Crippen LogP contribution >= 0.6 is 11.8 Å². The van der Waals surface area contributed by atoms with Crippen LogP contribution in [-0.4, -0.2) is 56.5 Å². The maximum atomic E-state index is 11.6. The SMILES string of the molecule is CSC(C)CNC(=O)CC1CS(=O)(=O)CCN1. The summed E-state index contributed by atoms with van der Waals surface area (Å²) in [5.74, 6) is 0.160. The van der Waals surface area contributed by atoms with E-state index in [0.29, 0.717) is 18.3 Å². The predicted molar refractivity (Wildman–Crippen MR) is 71.0 cm³/mol. The molecule has 0 aromatic rings. The Hall–Kier alpha value is -0.270. The highest BCUT2D eigenvalue weighted by Gasteiger charge is 2.25. The first-order valence-electron chi connectivity index (χ1n) is 5.66. The van der Waals surface area contributed by atoms with Crippen molar-refractivity contribution in [3.05, 3.63) is 0 Å². The molecule has 1 fully saturated rings. The average Bonchev–Trinajstić information content (AvgIpc) is 2.24. The minimum Gasteiger partial charge on any atom is -0.355 e. The third-order valence-corrected chi connectivity index (χ3v) is 5.43. The minimum absolute atomic E-state index is 0.0680. The summed E-state index contributed by atoms with van der Waals surface area (Å²) < 4.78 is 22.8. The van der Waals surface area contributed by atoms with Gasteiger partial charge in [-0.2, -0.15) is 11.8 Å². The van der Waals surface area contributed by atoms with Crippen LogP contribution in [0.2, 0.25) is 0 Å². The Bertz CT molecular complexity index is 357. The van der Waals surface area contributed by atoms with Crippen molar-refractivity contribution >= 4 is 27.5 Å². The molecule has 2 atom stereocenters. The highest BCUT2D eigenvalue weighted by atomic mass is 32.2. The molecule has 0 saturated carbocycles. The summed E-state index contributed by atoms with van der Waals surface area (Å²) in [6, 6.07) is -0.238. The Balaban J connectivity index is 2.31. The molecule has 5 nitrogen and oxygen atoms in total. The fraction of sp³-hybridized carbons (Fsp3) is 0.900. The fourth-order valence-electron chi connectivity index (χ4n) is 1.64. The first-order valence-corrected chi connectivity index (χ1v) is 8.77. The number of carbonyl (C=O) groups excluding carboxylic acids is 1. The lowest BCUT2D eigenvalue weighted by Crippen LogP contribution is -2.47. The molecule has 0 spiro atoms. The van der Waals surface area contributed by atoms with E-state index in [-0.39, 0.29) is 29.9 Å². The van der Waals surface area contributed by atoms with Gasteiger partial charge in [-0.25, -0.2) is 8.42 Å². The molecule has 1 rings (SSSR count). The van der Waals surface area contributed by atoms with Gasteiger partial charge in [0, 0.05) is 30.8 Å². The van der Waals surface area contributed by atoms with Gasteiger partial charge in [0.15, 0.2) is 9.84 Å². The van der Waals surface area contributed by atoms with E-state index in [0.717, 1.165) is 0 Å². The van der Waals surface area contributed by atoms with Crippen LogP contribution in [0.3, 0.4) is 0 Å². The smallest absolute Gasteiger partial charge is 0.221 e. The number of hydrogen-bond acceptors (Lipinski definition) is 5. The van der Waals surface area contributed by atoms with Crippen LogP contribution in [0.4, 0.5) is 0 Å². The molecule has 1 heterocycles. The van der Waals surface area contributed by atoms with E-state index in [1.54, 1.807) is 11.8 Å². The Labute approximate surface area is 107 Å². The van der Waals surface area contributed by atoms with Crippen LogP contribution in [0, 0.1) is 0 Å². The van der Waals surface area contributed by atoms with Crippen molar-refractivity contribution in [3.8, 4) is 0 Å². The first kappa shape index (κ1) is 14.8. The Morgan fingerprint density at radius 3 is 2.88 bits per heavy atom. The molecule has 2 unspecified atom stereocenters.